The second kappa shape index (κ2) is 3.09. The molecule has 0 aliphatic heterocycles. The number of aromatic nitrogens is 2. The Balaban J connectivity index is 3.21. The molecule has 0 aromatic carbocycles. The van der Waals surface area contributed by atoms with Crippen LogP contribution in [0.5, 0.6) is 0 Å². The van der Waals surface area contributed by atoms with E-state index in [4.69, 9.17) is 0 Å². The van der Waals surface area contributed by atoms with Gasteiger partial charge >= 0.3 is 0 Å². The summed E-state index contributed by atoms with van der Waals surface area (Å²) in [4.78, 5) is 6.44. The highest BCUT2D eigenvalue weighted by Crippen LogP contribution is 2.06. The molecule has 1 aromatic rings. The Bertz CT molecular complexity index is 269. The van der Waals surface area contributed by atoms with E-state index in [1.54, 1.807) is 0 Å². The summed E-state index contributed by atoms with van der Waals surface area (Å²) < 4.78 is 2.08. The van der Waals surface area contributed by atoms with Crippen LogP contribution in [0.3, 0.4) is 0 Å². The molecule has 0 aliphatic rings. The van der Waals surface area contributed by atoms with Gasteiger partial charge in [0, 0.05) is 27.1 Å². The molecule has 0 aliphatic carbocycles. The van der Waals surface area contributed by atoms with Crippen LogP contribution in [0, 0.1) is 13.8 Å². The lowest BCUT2D eigenvalue weighted by Crippen LogP contribution is -2.37. The number of rotatable bonds is 1. The molecule has 0 amide bonds. The molecule has 0 saturated carbocycles. The summed E-state index contributed by atoms with van der Waals surface area (Å²) in [5.41, 5.74) is 1.23. The largest absolute Gasteiger partial charge is 0.342 e. The monoisotopic (exact) mass is 166 g/mol. The van der Waals surface area contributed by atoms with Crippen molar-refractivity contribution in [1.82, 2.24) is 4.98 Å². The molecule has 1 aromatic heterocycles. The Morgan fingerprint density at radius 1 is 1.33 bits per heavy atom. The number of anilines is 1. The predicted molar refractivity (Wildman–Crippen MR) is 49.2 cm³/mol. The third-order valence-corrected chi connectivity index (χ3v) is 2.09. The Morgan fingerprint density at radius 2 is 1.92 bits per heavy atom. The topological polar surface area (TPSA) is 20.0 Å². The minimum atomic E-state index is 1.02. The van der Waals surface area contributed by atoms with Crippen molar-refractivity contribution in [1.29, 1.82) is 0 Å². The molecule has 0 atom stereocenters. The van der Waals surface area contributed by atoms with Crippen LogP contribution in [0.1, 0.15) is 11.5 Å². The summed E-state index contributed by atoms with van der Waals surface area (Å²) in [6.45, 7) is 4.10. The molecule has 0 unspecified atom stereocenters. The van der Waals surface area contributed by atoms with E-state index < -0.39 is 0 Å². The number of hydrogen-bond acceptors (Lipinski definition) is 2. The van der Waals surface area contributed by atoms with Gasteiger partial charge in [-0.15, -0.1) is 0 Å². The minimum Gasteiger partial charge on any atom is -0.342 e. The van der Waals surface area contributed by atoms with Crippen molar-refractivity contribution in [2.45, 2.75) is 13.8 Å². The predicted octanol–water partition coefficient (Wildman–Crippen LogP) is 0.589. The summed E-state index contributed by atoms with van der Waals surface area (Å²) >= 11 is 0. The highest BCUT2D eigenvalue weighted by Gasteiger charge is 2.11. The van der Waals surface area contributed by atoms with E-state index in [1.807, 2.05) is 33.0 Å². The van der Waals surface area contributed by atoms with E-state index in [0.717, 1.165) is 11.6 Å². The minimum absolute atomic E-state index is 1.02. The second-order valence-corrected chi connectivity index (χ2v) is 3.26. The van der Waals surface area contributed by atoms with Crippen LogP contribution in [0.25, 0.3) is 0 Å². The van der Waals surface area contributed by atoms with Gasteiger partial charge in [0.2, 0.25) is 5.82 Å². The summed E-state index contributed by atoms with van der Waals surface area (Å²) in [6.07, 6.45) is 0. The maximum absolute atomic E-state index is 4.42. The molecule has 0 N–H and O–H groups in total. The lowest BCUT2D eigenvalue weighted by atomic mass is 10.4. The Labute approximate surface area is 73.7 Å². The third-order valence-electron chi connectivity index (χ3n) is 2.09. The number of hydrogen-bond donors (Lipinski definition) is 0. The van der Waals surface area contributed by atoms with Crippen molar-refractivity contribution in [2.75, 3.05) is 19.0 Å². The molecular weight excluding hydrogens is 150 g/mol. The zero-order chi connectivity index (χ0) is 9.30. The zero-order valence-electron chi connectivity index (χ0n) is 8.42. The lowest BCUT2D eigenvalue weighted by molar-refractivity contribution is -0.686. The maximum atomic E-state index is 4.42. The standard InChI is InChI=1S/C9H16N3/c1-7-6-9(11(3)4)10-8(2)12(7)5/h6H,1-5H3/q+1. The first-order chi connectivity index (χ1) is 5.52. The summed E-state index contributed by atoms with van der Waals surface area (Å²) in [5.74, 6) is 2.06. The zero-order valence-corrected chi connectivity index (χ0v) is 8.42. The smallest absolute Gasteiger partial charge is 0.297 e. The van der Waals surface area contributed by atoms with Crippen LogP contribution < -0.4 is 9.47 Å². The van der Waals surface area contributed by atoms with Crippen LogP contribution >= 0.6 is 0 Å². The van der Waals surface area contributed by atoms with Gasteiger partial charge in [-0.3, -0.25) is 0 Å². The summed E-state index contributed by atoms with van der Waals surface area (Å²) in [5, 5.41) is 0. The molecular formula is C9H16N3+. The van der Waals surface area contributed by atoms with Crippen molar-refractivity contribution in [2.24, 2.45) is 7.05 Å². The second-order valence-electron chi connectivity index (χ2n) is 3.26. The molecule has 1 heterocycles. The van der Waals surface area contributed by atoms with Crippen LogP contribution in [0.15, 0.2) is 6.07 Å². The van der Waals surface area contributed by atoms with E-state index in [-0.39, 0.29) is 0 Å². The average molecular weight is 166 g/mol. The van der Waals surface area contributed by atoms with Gasteiger partial charge in [0.25, 0.3) is 5.82 Å². The van der Waals surface area contributed by atoms with Gasteiger partial charge in [-0.1, -0.05) is 0 Å². The fourth-order valence-electron chi connectivity index (χ4n) is 1.04. The normalized spacial score (nSPS) is 10.1. The van der Waals surface area contributed by atoms with Gasteiger partial charge in [-0.25, -0.2) is 4.57 Å². The quantitative estimate of drug-likeness (QED) is 0.569. The molecule has 1 rings (SSSR count). The van der Waals surface area contributed by atoms with Crippen LogP contribution in [0.4, 0.5) is 5.82 Å². The lowest BCUT2D eigenvalue weighted by Gasteiger charge is -2.08. The fraction of sp³-hybridized carbons (Fsp3) is 0.556. The van der Waals surface area contributed by atoms with Gasteiger partial charge in [0.15, 0.2) is 0 Å². The fourth-order valence-corrected chi connectivity index (χ4v) is 1.04. The molecule has 66 valence electrons. The molecule has 0 radical (unpaired) electrons. The number of nitrogens with zero attached hydrogens (tertiary/aromatic N) is 3. The highest BCUT2D eigenvalue weighted by molar-refractivity contribution is 5.35. The first-order valence-electron chi connectivity index (χ1n) is 4.04. The Kier molecular flexibility index (Phi) is 2.31. The van der Waals surface area contributed by atoms with Crippen molar-refractivity contribution >= 4 is 5.82 Å². The van der Waals surface area contributed by atoms with Gasteiger partial charge in [0.1, 0.15) is 5.69 Å². The first kappa shape index (κ1) is 8.97. The van der Waals surface area contributed by atoms with Gasteiger partial charge in [0.05, 0.1) is 7.05 Å². The molecule has 0 saturated heterocycles. The van der Waals surface area contributed by atoms with Crippen molar-refractivity contribution in [3.05, 3.63) is 17.6 Å². The molecule has 12 heavy (non-hydrogen) atoms. The average Bonchev–Trinajstić information content (AvgIpc) is 1.99. The van der Waals surface area contributed by atoms with E-state index >= 15 is 0 Å². The van der Waals surface area contributed by atoms with Crippen LogP contribution in [0.2, 0.25) is 0 Å². The molecule has 0 bridgehead atoms. The maximum Gasteiger partial charge on any atom is 0.297 e. The van der Waals surface area contributed by atoms with E-state index in [2.05, 4.69) is 22.5 Å². The molecule has 3 nitrogen and oxygen atoms in total. The van der Waals surface area contributed by atoms with Gasteiger partial charge < -0.3 is 4.90 Å². The summed E-state index contributed by atoms with van der Waals surface area (Å²) in [7, 11) is 6.03. The van der Waals surface area contributed by atoms with Crippen molar-refractivity contribution in [3.8, 4) is 0 Å². The molecule has 0 spiro atoms. The van der Waals surface area contributed by atoms with E-state index in [1.165, 1.54) is 5.69 Å². The first-order valence-corrected chi connectivity index (χ1v) is 4.04. The molecule has 0 fully saturated rings. The highest BCUT2D eigenvalue weighted by atomic mass is 15.2. The van der Waals surface area contributed by atoms with Crippen molar-refractivity contribution in [3.63, 3.8) is 0 Å². The SMILES string of the molecule is Cc1cc(N(C)C)nc(C)[n+]1C. The van der Waals surface area contributed by atoms with Crippen LogP contribution in [-0.2, 0) is 7.05 Å². The van der Waals surface area contributed by atoms with Crippen LogP contribution in [-0.4, -0.2) is 19.1 Å². The number of aryl methyl sites for hydroxylation is 2. The van der Waals surface area contributed by atoms with E-state index in [9.17, 15) is 0 Å². The Morgan fingerprint density at radius 3 is 2.33 bits per heavy atom. The van der Waals surface area contributed by atoms with Crippen molar-refractivity contribution < 1.29 is 4.57 Å². The van der Waals surface area contributed by atoms with Gasteiger partial charge in [-0.2, -0.15) is 0 Å². The van der Waals surface area contributed by atoms with E-state index in [0.29, 0.717) is 0 Å². The van der Waals surface area contributed by atoms with Gasteiger partial charge in [-0.05, 0) is 11.9 Å². The summed E-state index contributed by atoms with van der Waals surface area (Å²) in [6, 6.07) is 2.08. The third kappa shape index (κ3) is 1.55. The Hall–Kier alpha value is -1.12. The molecule has 3 heteroatoms.